The van der Waals surface area contributed by atoms with Gasteiger partial charge in [0.15, 0.2) is 0 Å². The zero-order chi connectivity index (χ0) is 29.2. The molecule has 0 heterocycles. The van der Waals surface area contributed by atoms with Crippen molar-refractivity contribution in [3.63, 3.8) is 0 Å². The number of benzene rings is 2. The first kappa shape index (κ1) is 32.4. The molecule has 1 unspecified atom stereocenters. The molecule has 14 heteroatoms. The molecule has 2 N–H and O–H groups in total. The van der Waals surface area contributed by atoms with Gasteiger partial charge in [-0.25, -0.2) is 9.59 Å². The highest BCUT2D eigenvalue weighted by Gasteiger charge is 2.64. The molecule has 39 heavy (non-hydrogen) atoms. The first-order valence-corrected chi connectivity index (χ1v) is 13.0. The fourth-order valence-corrected chi connectivity index (χ4v) is 4.93. The Balaban J connectivity index is 2.35. The summed E-state index contributed by atoms with van der Waals surface area (Å²) < 4.78 is 64.2. The van der Waals surface area contributed by atoms with Crippen LogP contribution in [0.3, 0.4) is 0 Å². The number of amides is 2. The summed E-state index contributed by atoms with van der Waals surface area (Å²) in [7, 11) is 2.02. The monoisotopic (exact) mass is 682 g/mol. The SMILES string of the molecule is COC(=O)NCCCOc1c(Br)cc(C(CNC(C)=O)OC(=O)[C@](OC)(c2ccccc2)C(F)(F)F)cc1Br. The fourth-order valence-electron chi connectivity index (χ4n) is 3.48. The summed E-state index contributed by atoms with van der Waals surface area (Å²) in [5.74, 6) is -1.82. The number of carbonyl (C=O) groups is 3. The summed E-state index contributed by atoms with van der Waals surface area (Å²) in [6.45, 7) is 1.42. The molecule has 0 aliphatic rings. The summed E-state index contributed by atoms with van der Waals surface area (Å²) in [6, 6.07) is 9.40. The molecule has 0 aliphatic heterocycles. The molecule has 0 bridgehead atoms. The number of esters is 1. The summed E-state index contributed by atoms with van der Waals surface area (Å²) >= 11 is 6.72. The lowest BCUT2D eigenvalue weighted by Gasteiger charge is -2.34. The predicted molar refractivity (Wildman–Crippen MR) is 141 cm³/mol. The van der Waals surface area contributed by atoms with Crippen molar-refractivity contribution in [1.82, 2.24) is 10.6 Å². The number of alkyl carbamates (subject to hydrolysis) is 1. The molecule has 9 nitrogen and oxygen atoms in total. The highest BCUT2D eigenvalue weighted by Crippen LogP contribution is 2.44. The Kier molecular flexibility index (Phi) is 12.1. The number of hydrogen-bond donors (Lipinski definition) is 2. The van der Waals surface area contributed by atoms with E-state index in [4.69, 9.17) is 14.2 Å². The summed E-state index contributed by atoms with van der Waals surface area (Å²) in [5, 5.41) is 4.98. The zero-order valence-corrected chi connectivity index (χ0v) is 24.4. The Morgan fingerprint density at radius 2 is 1.62 bits per heavy atom. The second-order valence-corrected chi connectivity index (χ2v) is 9.72. The molecular formula is C25H27Br2F3N2O7. The van der Waals surface area contributed by atoms with Gasteiger partial charge in [0, 0.05) is 26.1 Å². The van der Waals surface area contributed by atoms with Gasteiger partial charge in [-0.2, -0.15) is 13.2 Å². The van der Waals surface area contributed by atoms with E-state index in [0.717, 1.165) is 19.2 Å². The van der Waals surface area contributed by atoms with Crippen LogP contribution in [-0.2, 0) is 29.4 Å². The maximum atomic E-state index is 14.3. The molecule has 2 amide bonds. The molecule has 2 aromatic carbocycles. The molecule has 0 aliphatic carbocycles. The smallest absolute Gasteiger partial charge is 0.432 e. The lowest BCUT2D eigenvalue weighted by atomic mass is 9.92. The Morgan fingerprint density at radius 3 is 2.13 bits per heavy atom. The van der Waals surface area contributed by atoms with Gasteiger partial charge in [-0.3, -0.25) is 4.79 Å². The number of methoxy groups -OCH3 is 2. The summed E-state index contributed by atoms with van der Waals surface area (Å²) in [5.41, 5.74) is -3.61. The Morgan fingerprint density at radius 1 is 1.00 bits per heavy atom. The molecule has 2 rings (SSSR count). The highest BCUT2D eigenvalue weighted by molar-refractivity contribution is 9.11. The van der Waals surface area contributed by atoms with E-state index < -0.39 is 41.4 Å². The van der Waals surface area contributed by atoms with Crippen LogP contribution in [0.25, 0.3) is 0 Å². The number of nitrogens with one attached hydrogen (secondary N) is 2. The number of ether oxygens (including phenoxy) is 4. The van der Waals surface area contributed by atoms with E-state index in [1.54, 1.807) is 0 Å². The average molecular weight is 684 g/mol. The third kappa shape index (κ3) is 8.32. The minimum Gasteiger partial charge on any atom is -0.491 e. The predicted octanol–water partition coefficient (Wildman–Crippen LogP) is 5.16. The molecule has 0 spiro atoms. The van der Waals surface area contributed by atoms with Crippen molar-refractivity contribution < 1.29 is 46.5 Å². The Bertz CT molecular complexity index is 1130. The first-order chi connectivity index (χ1) is 18.4. The third-order valence-corrected chi connectivity index (χ3v) is 6.55. The van der Waals surface area contributed by atoms with Gasteiger partial charge in [-0.05, 0) is 56.0 Å². The van der Waals surface area contributed by atoms with Crippen LogP contribution < -0.4 is 15.4 Å². The molecule has 2 aromatic rings. The lowest BCUT2D eigenvalue weighted by molar-refractivity contribution is -0.278. The van der Waals surface area contributed by atoms with Crippen molar-refractivity contribution in [3.8, 4) is 5.75 Å². The van der Waals surface area contributed by atoms with E-state index in [2.05, 4.69) is 47.2 Å². The molecule has 0 fully saturated rings. The standard InChI is InChI=1S/C25H27Br2F3N2O7/c1-15(33)32-14-20(39-22(34)24(37-3,25(28,29)30)17-8-5-4-6-9-17)16-12-18(26)21(19(27)13-16)38-11-7-10-31-23(35)36-2/h4-6,8-9,12-13,20H,7,10-11,14H2,1-3H3,(H,31,35)(H,32,33)/t20?,24-/m1/s1. The van der Waals surface area contributed by atoms with Crippen LogP contribution in [0, 0.1) is 0 Å². The van der Waals surface area contributed by atoms with Crippen molar-refractivity contribution >= 4 is 49.8 Å². The van der Waals surface area contributed by atoms with Crippen LogP contribution in [0.1, 0.15) is 30.6 Å². The molecule has 214 valence electrons. The quantitative estimate of drug-likeness (QED) is 0.235. The van der Waals surface area contributed by atoms with E-state index >= 15 is 0 Å². The van der Waals surface area contributed by atoms with Crippen LogP contribution >= 0.6 is 31.9 Å². The van der Waals surface area contributed by atoms with Crippen molar-refractivity contribution in [2.24, 2.45) is 0 Å². The van der Waals surface area contributed by atoms with Crippen LogP contribution in [0.5, 0.6) is 5.75 Å². The maximum absolute atomic E-state index is 14.3. The molecule has 0 aromatic heterocycles. The van der Waals surface area contributed by atoms with Gasteiger partial charge >= 0.3 is 18.2 Å². The average Bonchev–Trinajstić information content (AvgIpc) is 2.87. The van der Waals surface area contributed by atoms with Crippen molar-refractivity contribution in [2.75, 3.05) is 33.9 Å². The minimum atomic E-state index is -5.17. The second kappa shape index (κ2) is 14.5. The van der Waals surface area contributed by atoms with Gasteiger partial charge in [0.05, 0.1) is 29.2 Å². The molecule has 0 saturated heterocycles. The highest BCUT2D eigenvalue weighted by atomic mass is 79.9. The van der Waals surface area contributed by atoms with Gasteiger partial charge in [-0.1, -0.05) is 30.3 Å². The van der Waals surface area contributed by atoms with Gasteiger partial charge in [0.25, 0.3) is 5.60 Å². The largest absolute Gasteiger partial charge is 0.491 e. The van der Waals surface area contributed by atoms with Crippen molar-refractivity contribution in [1.29, 1.82) is 0 Å². The second-order valence-electron chi connectivity index (χ2n) is 8.01. The number of rotatable bonds is 12. The van der Waals surface area contributed by atoms with Gasteiger partial charge in [0.1, 0.15) is 11.9 Å². The van der Waals surface area contributed by atoms with E-state index in [-0.39, 0.29) is 18.7 Å². The molecule has 0 radical (unpaired) electrons. The number of halogens is 5. The maximum Gasteiger partial charge on any atom is 0.432 e. The number of alkyl halides is 3. The van der Waals surface area contributed by atoms with Gasteiger partial charge in [-0.15, -0.1) is 0 Å². The number of carbonyl (C=O) groups excluding carboxylic acids is 3. The van der Waals surface area contributed by atoms with Crippen LogP contribution in [0.15, 0.2) is 51.4 Å². The van der Waals surface area contributed by atoms with E-state index in [1.807, 2.05) is 0 Å². The normalized spacial score (nSPS) is 13.5. The summed E-state index contributed by atoms with van der Waals surface area (Å²) in [6.07, 6.45) is -6.61. The zero-order valence-electron chi connectivity index (χ0n) is 21.2. The minimum absolute atomic E-state index is 0.212. The summed E-state index contributed by atoms with van der Waals surface area (Å²) in [4.78, 5) is 35.9. The molecule has 0 saturated carbocycles. The lowest BCUT2D eigenvalue weighted by Crippen LogP contribution is -2.52. The van der Waals surface area contributed by atoms with Crippen molar-refractivity contribution in [3.05, 3.63) is 62.5 Å². The third-order valence-electron chi connectivity index (χ3n) is 5.37. The van der Waals surface area contributed by atoms with E-state index in [1.165, 1.54) is 44.4 Å². The van der Waals surface area contributed by atoms with Crippen LogP contribution in [0.2, 0.25) is 0 Å². The Hall–Kier alpha value is -2.84. The van der Waals surface area contributed by atoms with E-state index in [9.17, 15) is 27.6 Å². The van der Waals surface area contributed by atoms with Gasteiger partial charge in [0.2, 0.25) is 5.91 Å². The van der Waals surface area contributed by atoms with Crippen molar-refractivity contribution in [2.45, 2.75) is 31.2 Å². The fraction of sp³-hybridized carbons (Fsp3) is 0.400. The molecular weight excluding hydrogens is 657 g/mol. The Labute approximate surface area is 240 Å². The van der Waals surface area contributed by atoms with Crippen LogP contribution in [0.4, 0.5) is 18.0 Å². The number of hydrogen-bond acceptors (Lipinski definition) is 7. The first-order valence-electron chi connectivity index (χ1n) is 11.4. The van der Waals surface area contributed by atoms with Gasteiger partial charge < -0.3 is 29.6 Å². The van der Waals surface area contributed by atoms with Crippen LogP contribution in [-0.4, -0.2) is 58.1 Å². The van der Waals surface area contributed by atoms with E-state index in [0.29, 0.717) is 27.7 Å². The molecule has 2 atom stereocenters. The topological polar surface area (TPSA) is 112 Å².